The van der Waals surface area contributed by atoms with E-state index in [9.17, 15) is 0 Å². The Kier molecular flexibility index (Phi) is 3.53. The molecule has 0 fully saturated rings. The van der Waals surface area contributed by atoms with Crippen molar-refractivity contribution >= 4 is 6.08 Å². The monoisotopic (exact) mass is 298 g/mol. The average Bonchev–Trinajstić information content (AvgIpc) is 2.94. The Hall–Kier alpha value is -2.34. The molecule has 0 nitrogen and oxygen atoms in total. The van der Waals surface area contributed by atoms with Crippen LogP contribution in [0.1, 0.15) is 42.9 Å². The Labute approximate surface area is 138 Å². The van der Waals surface area contributed by atoms with E-state index in [1.165, 1.54) is 27.8 Å². The minimum atomic E-state index is 0.467. The lowest BCUT2D eigenvalue weighted by atomic mass is 9.75. The SMILES string of the molecule is CC1=C(C)C(C2=Cc3ccccc3C(c3ccccc3)C2)C=C1. The summed E-state index contributed by atoms with van der Waals surface area (Å²) in [5, 5.41) is 0. The van der Waals surface area contributed by atoms with Gasteiger partial charge in [0.2, 0.25) is 0 Å². The van der Waals surface area contributed by atoms with Crippen molar-refractivity contribution in [3.63, 3.8) is 0 Å². The molecule has 2 aliphatic rings. The first-order valence-electron chi connectivity index (χ1n) is 8.44. The maximum absolute atomic E-state index is 2.42. The molecule has 2 aromatic carbocycles. The van der Waals surface area contributed by atoms with Gasteiger partial charge in [-0.05, 0) is 37.0 Å². The van der Waals surface area contributed by atoms with Crippen LogP contribution in [0.5, 0.6) is 0 Å². The number of allylic oxidation sites excluding steroid dienone is 5. The Morgan fingerprint density at radius 3 is 2.35 bits per heavy atom. The minimum Gasteiger partial charge on any atom is -0.0730 e. The molecule has 0 amide bonds. The Morgan fingerprint density at radius 2 is 1.61 bits per heavy atom. The van der Waals surface area contributed by atoms with Gasteiger partial charge in [-0.3, -0.25) is 0 Å². The second-order valence-electron chi connectivity index (χ2n) is 6.72. The molecule has 0 saturated carbocycles. The van der Waals surface area contributed by atoms with Crippen LogP contribution in [0.4, 0.5) is 0 Å². The lowest BCUT2D eigenvalue weighted by Gasteiger charge is -2.29. The molecule has 2 atom stereocenters. The topological polar surface area (TPSA) is 0 Å². The summed E-state index contributed by atoms with van der Waals surface area (Å²) in [6, 6.07) is 19.8. The molecule has 2 aliphatic carbocycles. The van der Waals surface area contributed by atoms with E-state index in [1.807, 2.05) is 0 Å². The van der Waals surface area contributed by atoms with Gasteiger partial charge in [-0.1, -0.05) is 89.5 Å². The number of hydrogen-bond donors (Lipinski definition) is 0. The molecular formula is C23H22. The summed E-state index contributed by atoms with van der Waals surface area (Å²) in [4.78, 5) is 0. The van der Waals surface area contributed by atoms with Crippen LogP contribution in [0.3, 0.4) is 0 Å². The molecule has 4 rings (SSSR count). The normalized spacial score (nSPS) is 23.0. The molecule has 0 heterocycles. The summed E-state index contributed by atoms with van der Waals surface area (Å²) in [6.07, 6.45) is 8.18. The summed E-state index contributed by atoms with van der Waals surface area (Å²) in [7, 11) is 0. The molecule has 114 valence electrons. The van der Waals surface area contributed by atoms with Gasteiger partial charge in [-0.15, -0.1) is 0 Å². The van der Waals surface area contributed by atoms with Gasteiger partial charge in [0, 0.05) is 11.8 Å². The third-order valence-corrected chi connectivity index (χ3v) is 5.38. The van der Waals surface area contributed by atoms with E-state index in [0.717, 1.165) is 6.42 Å². The van der Waals surface area contributed by atoms with Crippen LogP contribution in [0.2, 0.25) is 0 Å². The fraction of sp³-hybridized carbons (Fsp3) is 0.217. The summed E-state index contributed by atoms with van der Waals surface area (Å²) >= 11 is 0. The maximum atomic E-state index is 2.42. The molecule has 23 heavy (non-hydrogen) atoms. The van der Waals surface area contributed by atoms with Gasteiger partial charge in [-0.25, -0.2) is 0 Å². The Bertz CT molecular complexity index is 818. The van der Waals surface area contributed by atoms with E-state index in [0.29, 0.717) is 11.8 Å². The third-order valence-electron chi connectivity index (χ3n) is 5.38. The van der Waals surface area contributed by atoms with Crippen molar-refractivity contribution in [2.24, 2.45) is 5.92 Å². The summed E-state index contributed by atoms with van der Waals surface area (Å²) < 4.78 is 0. The molecule has 2 aromatic rings. The molecule has 0 aromatic heterocycles. The summed E-state index contributed by atoms with van der Waals surface area (Å²) in [5.74, 6) is 0.948. The van der Waals surface area contributed by atoms with Gasteiger partial charge >= 0.3 is 0 Å². The molecule has 0 N–H and O–H groups in total. The van der Waals surface area contributed by atoms with Crippen LogP contribution in [0.15, 0.2) is 83.5 Å². The van der Waals surface area contributed by atoms with Crippen molar-refractivity contribution in [3.05, 3.63) is 100 Å². The molecule has 0 aliphatic heterocycles. The van der Waals surface area contributed by atoms with E-state index >= 15 is 0 Å². The van der Waals surface area contributed by atoms with Crippen LogP contribution in [0.25, 0.3) is 6.08 Å². The van der Waals surface area contributed by atoms with Crippen LogP contribution in [0, 0.1) is 5.92 Å². The minimum absolute atomic E-state index is 0.467. The molecule has 0 radical (unpaired) electrons. The van der Waals surface area contributed by atoms with Gasteiger partial charge in [0.15, 0.2) is 0 Å². The van der Waals surface area contributed by atoms with E-state index < -0.39 is 0 Å². The van der Waals surface area contributed by atoms with Crippen LogP contribution < -0.4 is 0 Å². The van der Waals surface area contributed by atoms with Crippen LogP contribution >= 0.6 is 0 Å². The van der Waals surface area contributed by atoms with Gasteiger partial charge in [0.25, 0.3) is 0 Å². The van der Waals surface area contributed by atoms with Crippen molar-refractivity contribution in [2.75, 3.05) is 0 Å². The maximum Gasteiger partial charge on any atom is 0.0196 e. The highest BCUT2D eigenvalue weighted by atomic mass is 14.3. The number of rotatable bonds is 2. The quantitative estimate of drug-likeness (QED) is 0.625. The molecule has 0 spiro atoms. The van der Waals surface area contributed by atoms with Crippen molar-refractivity contribution < 1.29 is 0 Å². The second kappa shape index (κ2) is 5.70. The van der Waals surface area contributed by atoms with Gasteiger partial charge in [-0.2, -0.15) is 0 Å². The number of benzene rings is 2. The smallest absolute Gasteiger partial charge is 0.0196 e. The van der Waals surface area contributed by atoms with E-state index in [2.05, 4.69) is 86.7 Å². The van der Waals surface area contributed by atoms with Crippen LogP contribution in [-0.2, 0) is 0 Å². The molecule has 2 unspecified atom stereocenters. The van der Waals surface area contributed by atoms with Gasteiger partial charge in [0.1, 0.15) is 0 Å². The molecule has 0 bridgehead atoms. The molecule has 0 saturated heterocycles. The standard InChI is InChI=1S/C23H22/c1-16-12-13-21(17(16)2)20-14-19-10-6-7-11-22(19)23(15-20)18-8-4-3-5-9-18/h3-14,21,23H,15H2,1-2H3. The van der Waals surface area contributed by atoms with Crippen molar-refractivity contribution in [2.45, 2.75) is 26.2 Å². The van der Waals surface area contributed by atoms with Gasteiger partial charge in [0.05, 0.1) is 0 Å². The highest BCUT2D eigenvalue weighted by Crippen LogP contribution is 2.43. The third kappa shape index (κ3) is 2.49. The zero-order chi connectivity index (χ0) is 15.8. The lowest BCUT2D eigenvalue weighted by molar-refractivity contribution is 0.722. The summed E-state index contributed by atoms with van der Waals surface area (Å²) in [6.45, 7) is 4.50. The predicted molar refractivity (Wildman–Crippen MR) is 98.3 cm³/mol. The molecule has 0 heteroatoms. The first-order chi connectivity index (χ1) is 11.2. The van der Waals surface area contributed by atoms with E-state index in [1.54, 1.807) is 5.57 Å². The van der Waals surface area contributed by atoms with Crippen molar-refractivity contribution in [3.8, 4) is 0 Å². The fourth-order valence-corrected chi connectivity index (χ4v) is 3.93. The second-order valence-corrected chi connectivity index (χ2v) is 6.72. The average molecular weight is 298 g/mol. The first-order valence-corrected chi connectivity index (χ1v) is 8.44. The van der Waals surface area contributed by atoms with Gasteiger partial charge < -0.3 is 0 Å². The molecular weight excluding hydrogens is 276 g/mol. The van der Waals surface area contributed by atoms with E-state index in [4.69, 9.17) is 0 Å². The fourth-order valence-electron chi connectivity index (χ4n) is 3.93. The Morgan fingerprint density at radius 1 is 0.870 bits per heavy atom. The van der Waals surface area contributed by atoms with Crippen molar-refractivity contribution in [1.29, 1.82) is 0 Å². The van der Waals surface area contributed by atoms with Crippen molar-refractivity contribution in [1.82, 2.24) is 0 Å². The lowest BCUT2D eigenvalue weighted by Crippen LogP contribution is -2.13. The zero-order valence-electron chi connectivity index (χ0n) is 13.8. The summed E-state index contributed by atoms with van der Waals surface area (Å²) in [5.41, 5.74) is 8.73. The first kappa shape index (κ1) is 14.3. The number of fused-ring (bicyclic) bond motifs is 1. The largest absolute Gasteiger partial charge is 0.0730 e. The Balaban J connectivity index is 1.80. The van der Waals surface area contributed by atoms with Crippen LogP contribution in [-0.4, -0.2) is 0 Å². The van der Waals surface area contributed by atoms with E-state index in [-0.39, 0.29) is 0 Å². The highest BCUT2D eigenvalue weighted by Gasteiger charge is 2.27. The zero-order valence-corrected chi connectivity index (χ0v) is 13.8. The highest BCUT2D eigenvalue weighted by molar-refractivity contribution is 5.65. The number of hydrogen-bond acceptors (Lipinski definition) is 0. The predicted octanol–water partition coefficient (Wildman–Crippen LogP) is 6.13.